The molecular formula is C20H20N4O5S. The van der Waals surface area contributed by atoms with E-state index in [9.17, 15) is 19.7 Å². The van der Waals surface area contributed by atoms with Gasteiger partial charge in [0.2, 0.25) is 0 Å². The van der Waals surface area contributed by atoms with Crippen LogP contribution in [0.4, 0.5) is 15.5 Å². The number of amides is 2. The molecule has 2 aliphatic heterocycles. The van der Waals surface area contributed by atoms with E-state index in [1.807, 2.05) is 0 Å². The average molecular weight is 428 g/mol. The summed E-state index contributed by atoms with van der Waals surface area (Å²) in [5, 5.41) is 18.1. The van der Waals surface area contributed by atoms with Crippen LogP contribution < -0.4 is 10.6 Å². The lowest BCUT2D eigenvalue weighted by atomic mass is 10.0. The number of ether oxygens (including phenoxy) is 1. The van der Waals surface area contributed by atoms with Gasteiger partial charge in [-0.2, -0.15) is 0 Å². The van der Waals surface area contributed by atoms with E-state index in [0.29, 0.717) is 37.2 Å². The fourth-order valence-corrected chi connectivity index (χ4v) is 4.90. The van der Waals surface area contributed by atoms with Crippen molar-refractivity contribution in [3.05, 3.63) is 62.0 Å². The van der Waals surface area contributed by atoms with E-state index in [4.69, 9.17) is 4.74 Å². The summed E-state index contributed by atoms with van der Waals surface area (Å²) in [6.45, 7) is 3.00. The third kappa shape index (κ3) is 3.73. The number of fused-ring (bicyclic) bond motifs is 3. The maximum atomic E-state index is 12.7. The number of anilines is 1. The van der Waals surface area contributed by atoms with E-state index in [-0.39, 0.29) is 17.7 Å². The zero-order chi connectivity index (χ0) is 21.3. The molecule has 1 aromatic heterocycles. The molecule has 0 fully saturated rings. The number of rotatable bonds is 4. The molecule has 156 valence electrons. The molecule has 9 nitrogen and oxygen atoms in total. The molecule has 2 N–H and O–H groups in total. The molecule has 0 aliphatic carbocycles. The van der Waals surface area contributed by atoms with Crippen LogP contribution in [0.15, 0.2) is 30.3 Å². The third-order valence-electron chi connectivity index (χ3n) is 4.98. The summed E-state index contributed by atoms with van der Waals surface area (Å²) in [4.78, 5) is 38.1. The molecule has 2 amide bonds. The maximum absolute atomic E-state index is 12.7. The van der Waals surface area contributed by atoms with Gasteiger partial charge in [-0.15, -0.1) is 11.3 Å². The number of benzene rings is 1. The predicted molar refractivity (Wildman–Crippen MR) is 112 cm³/mol. The smallest absolute Gasteiger partial charge is 0.410 e. The molecule has 2 aliphatic rings. The van der Waals surface area contributed by atoms with Gasteiger partial charge in [-0.1, -0.05) is 12.1 Å². The first kappa shape index (κ1) is 19.9. The molecule has 0 spiro atoms. The Bertz CT molecular complexity index is 1050. The number of nitro groups is 1. The summed E-state index contributed by atoms with van der Waals surface area (Å²) in [6, 6.07) is 6.42. The number of carbonyl (C=O) groups excluding carboxylic acids is 2. The van der Waals surface area contributed by atoms with Crippen LogP contribution in [-0.2, 0) is 17.7 Å². The highest BCUT2D eigenvalue weighted by Gasteiger charge is 2.33. The van der Waals surface area contributed by atoms with Crippen molar-refractivity contribution in [1.29, 1.82) is 0 Å². The van der Waals surface area contributed by atoms with E-state index >= 15 is 0 Å². The number of hydrogen-bond acceptors (Lipinski definition) is 7. The van der Waals surface area contributed by atoms with Gasteiger partial charge in [-0.05, 0) is 37.1 Å². The largest absolute Gasteiger partial charge is 0.450 e. The van der Waals surface area contributed by atoms with E-state index in [1.54, 1.807) is 42.2 Å². The van der Waals surface area contributed by atoms with E-state index in [2.05, 4.69) is 10.6 Å². The minimum absolute atomic E-state index is 0.00206. The van der Waals surface area contributed by atoms with Crippen molar-refractivity contribution < 1.29 is 19.2 Å². The zero-order valence-electron chi connectivity index (χ0n) is 16.2. The molecule has 0 radical (unpaired) electrons. The van der Waals surface area contributed by atoms with Crippen LogP contribution in [0.25, 0.3) is 6.08 Å². The lowest BCUT2D eigenvalue weighted by Crippen LogP contribution is -2.43. The van der Waals surface area contributed by atoms with E-state index in [0.717, 1.165) is 15.4 Å². The fourth-order valence-electron chi connectivity index (χ4n) is 3.60. The van der Waals surface area contributed by atoms with Gasteiger partial charge in [0.25, 0.3) is 11.6 Å². The second-order valence-electron chi connectivity index (χ2n) is 6.85. The van der Waals surface area contributed by atoms with Gasteiger partial charge in [0.15, 0.2) is 0 Å². The van der Waals surface area contributed by atoms with Gasteiger partial charge >= 0.3 is 6.09 Å². The monoisotopic (exact) mass is 428 g/mol. The Kier molecular flexibility index (Phi) is 5.40. The minimum Gasteiger partial charge on any atom is -0.450 e. The van der Waals surface area contributed by atoms with Crippen LogP contribution in [-0.4, -0.2) is 41.1 Å². The van der Waals surface area contributed by atoms with Gasteiger partial charge < -0.3 is 20.3 Å². The molecule has 1 unspecified atom stereocenters. The molecule has 3 heterocycles. The van der Waals surface area contributed by atoms with Gasteiger partial charge in [0.05, 0.1) is 29.2 Å². The SMILES string of the molecule is CCOC(=O)N1CCc2c(sc3c2C(=O)NC(C=Cc2ccccc2[N+](=O)[O-])N3)C1. The first-order chi connectivity index (χ1) is 14.5. The maximum Gasteiger partial charge on any atom is 0.410 e. The molecule has 2 aromatic rings. The lowest BCUT2D eigenvalue weighted by molar-refractivity contribution is -0.385. The molecule has 4 rings (SSSR count). The molecule has 10 heteroatoms. The highest BCUT2D eigenvalue weighted by atomic mass is 32.1. The molecule has 0 saturated heterocycles. The number of nitro benzene ring substituents is 1. The Balaban J connectivity index is 1.54. The Morgan fingerprint density at radius 2 is 2.20 bits per heavy atom. The van der Waals surface area contributed by atoms with Gasteiger partial charge in [0.1, 0.15) is 11.2 Å². The third-order valence-corrected chi connectivity index (χ3v) is 6.13. The Labute approximate surface area is 176 Å². The van der Waals surface area contributed by atoms with Crippen molar-refractivity contribution in [2.45, 2.75) is 26.1 Å². The number of carbonyl (C=O) groups is 2. The molecule has 1 atom stereocenters. The summed E-state index contributed by atoms with van der Waals surface area (Å²) >= 11 is 1.45. The first-order valence-electron chi connectivity index (χ1n) is 9.53. The number of hydrogen-bond donors (Lipinski definition) is 2. The molecule has 0 saturated carbocycles. The van der Waals surface area contributed by atoms with Crippen molar-refractivity contribution in [2.24, 2.45) is 0 Å². The summed E-state index contributed by atoms with van der Waals surface area (Å²) in [6.07, 6.45) is 3.05. The summed E-state index contributed by atoms with van der Waals surface area (Å²) in [5.74, 6) is -0.192. The standard InChI is InChI=1S/C20H20N4O5S/c1-2-29-20(26)23-10-9-13-15(11-23)30-19-17(13)18(25)21-16(22-19)8-7-12-5-3-4-6-14(12)24(27)28/h3-8,16,22H,2,9-11H2,1H3,(H,21,25). The highest BCUT2D eigenvalue weighted by molar-refractivity contribution is 7.16. The van der Waals surface area contributed by atoms with Crippen LogP contribution in [0.2, 0.25) is 0 Å². The lowest BCUT2D eigenvalue weighted by Gasteiger charge is -2.27. The summed E-state index contributed by atoms with van der Waals surface area (Å²) in [7, 11) is 0. The Morgan fingerprint density at radius 3 is 2.97 bits per heavy atom. The average Bonchev–Trinajstić information content (AvgIpc) is 3.10. The summed E-state index contributed by atoms with van der Waals surface area (Å²) < 4.78 is 5.08. The number of thiophene rings is 1. The fraction of sp³-hybridized carbons (Fsp3) is 0.300. The number of para-hydroxylation sites is 1. The topological polar surface area (TPSA) is 114 Å². The zero-order valence-corrected chi connectivity index (χ0v) is 17.0. The molecular weight excluding hydrogens is 408 g/mol. The van der Waals surface area contributed by atoms with Gasteiger partial charge in [-0.25, -0.2) is 4.79 Å². The van der Waals surface area contributed by atoms with Gasteiger partial charge in [0, 0.05) is 17.5 Å². The molecule has 1 aromatic carbocycles. The van der Waals surface area contributed by atoms with E-state index in [1.165, 1.54) is 17.4 Å². The van der Waals surface area contributed by atoms with Crippen LogP contribution in [0, 0.1) is 10.1 Å². The van der Waals surface area contributed by atoms with Crippen molar-refractivity contribution in [2.75, 3.05) is 18.5 Å². The van der Waals surface area contributed by atoms with Gasteiger partial charge in [-0.3, -0.25) is 14.9 Å². The van der Waals surface area contributed by atoms with Crippen LogP contribution in [0.1, 0.15) is 33.3 Å². The van der Waals surface area contributed by atoms with Crippen molar-refractivity contribution in [1.82, 2.24) is 10.2 Å². The van der Waals surface area contributed by atoms with E-state index < -0.39 is 11.1 Å². The number of nitrogens with one attached hydrogen (secondary N) is 2. The van der Waals surface area contributed by atoms with Crippen molar-refractivity contribution >= 4 is 40.1 Å². The highest BCUT2D eigenvalue weighted by Crippen LogP contribution is 2.39. The van der Waals surface area contributed by atoms with Crippen LogP contribution in [0.3, 0.4) is 0 Å². The summed E-state index contributed by atoms with van der Waals surface area (Å²) in [5.41, 5.74) is 2.04. The normalized spacial score (nSPS) is 17.7. The second kappa shape index (κ2) is 8.15. The van der Waals surface area contributed by atoms with Crippen LogP contribution in [0.5, 0.6) is 0 Å². The van der Waals surface area contributed by atoms with Crippen molar-refractivity contribution in [3.63, 3.8) is 0 Å². The second-order valence-corrected chi connectivity index (χ2v) is 7.95. The Morgan fingerprint density at radius 1 is 1.40 bits per heavy atom. The minimum atomic E-state index is -0.494. The van der Waals surface area contributed by atoms with Crippen molar-refractivity contribution in [3.8, 4) is 0 Å². The predicted octanol–water partition coefficient (Wildman–Crippen LogP) is 3.37. The van der Waals surface area contributed by atoms with Crippen LogP contribution >= 0.6 is 11.3 Å². The number of nitrogens with zero attached hydrogens (tertiary/aromatic N) is 2. The first-order valence-corrected chi connectivity index (χ1v) is 10.3. The Hall–Kier alpha value is -3.40. The quantitative estimate of drug-likeness (QED) is 0.570. The molecule has 30 heavy (non-hydrogen) atoms. The molecule has 0 bridgehead atoms.